The Morgan fingerprint density at radius 3 is 2.87 bits per heavy atom. The van der Waals surface area contributed by atoms with Crippen LogP contribution in [-0.2, 0) is 0 Å². The SMILES string of the molecule is c1ccc2c(NC3CCCC3)snc2c1. The third-order valence-corrected chi connectivity index (χ3v) is 3.88. The molecule has 0 atom stereocenters. The van der Waals surface area contributed by atoms with Gasteiger partial charge >= 0.3 is 0 Å². The Morgan fingerprint density at radius 2 is 2.00 bits per heavy atom. The van der Waals surface area contributed by atoms with Crippen molar-refractivity contribution < 1.29 is 0 Å². The van der Waals surface area contributed by atoms with Crippen LogP contribution in [0.2, 0.25) is 0 Å². The number of nitrogens with zero attached hydrogens (tertiary/aromatic N) is 1. The van der Waals surface area contributed by atoms with E-state index in [1.165, 1.54) is 36.1 Å². The van der Waals surface area contributed by atoms with Crippen LogP contribution in [0.1, 0.15) is 25.7 Å². The second-order valence-electron chi connectivity index (χ2n) is 4.15. The first-order chi connectivity index (χ1) is 7.43. The van der Waals surface area contributed by atoms with E-state index in [2.05, 4.69) is 27.9 Å². The van der Waals surface area contributed by atoms with Crippen LogP contribution in [-0.4, -0.2) is 10.4 Å². The van der Waals surface area contributed by atoms with Crippen molar-refractivity contribution in [1.82, 2.24) is 4.37 Å². The maximum Gasteiger partial charge on any atom is 0.117 e. The molecule has 1 N–H and O–H groups in total. The molecule has 0 saturated heterocycles. The summed E-state index contributed by atoms with van der Waals surface area (Å²) in [6.07, 6.45) is 5.36. The van der Waals surface area contributed by atoms with Gasteiger partial charge in [-0.3, -0.25) is 0 Å². The summed E-state index contributed by atoms with van der Waals surface area (Å²) >= 11 is 1.59. The molecule has 1 heterocycles. The van der Waals surface area contributed by atoms with Gasteiger partial charge in [-0.2, -0.15) is 4.37 Å². The molecular weight excluding hydrogens is 204 g/mol. The van der Waals surface area contributed by atoms with Gasteiger partial charge in [0, 0.05) is 11.4 Å². The van der Waals surface area contributed by atoms with Crippen molar-refractivity contribution in [2.75, 3.05) is 5.32 Å². The monoisotopic (exact) mass is 218 g/mol. The fourth-order valence-corrected chi connectivity index (χ4v) is 3.09. The Bertz CT molecular complexity index is 457. The Kier molecular flexibility index (Phi) is 2.33. The Labute approximate surface area is 93.5 Å². The standard InChI is InChI=1S/C12H14N2S/c1-2-6-9(5-1)13-12-10-7-3-4-8-11(10)14-15-12/h3-4,7-9,13H,1-2,5-6H2. The van der Waals surface area contributed by atoms with Gasteiger partial charge in [0.2, 0.25) is 0 Å². The Morgan fingerprint density at radius 1 is 1.20 bits per heavy atom. The van der Waals surface area contributed by atoms with Crippen molar-refractivity contribution in [3.8, 4) is 0 Å². The van der Waals surface area contributed by atoms with Crippen LogP contribution in [0.3, 0.4) is 0 Å². The molecule has 0 bridgehead atoms. The lowest BCUT2D eigenvalue weighted by molar-refractivity contribution is 0.759. The first-order valence-electron chi connectivity index (χ1n) is 5.54. The van der Waals surface area contributed by atoms with Gasteiger partial charge in [0.05, 0.1) is 5.52 Å². The highest BCUT2D eigenvalue weighted by Gasteiger charge is 2.16. The van der Waals surface area contributed by atoms with Crippen molar-refractivity contribution in [1.29, 1.82) is 0 Å². The van der Waals surface area contributed by atoms with E-state index in [9.17, 15) is 0 Å². The first kappa shape index (κ1) is 9.16. The van der Waals surface area contributed by atoms with Crippen LogP contribution in [0.25, 0.3) is 10.9 Å². The molecule has 1 aliphatic carbocycles. The molecule has 0 aliphatic heterocycles. The van der Waals surface area contributed by atoms with Crippen LogP contribution < -0.4 is 5.32 Å². The summed E-state index contributed by atoms with van der Waals surface area (Å²) in [6, 6.07) is 9.02. The lowest BCUT2D eigenvalue weighted by atomic mass is 10.2. The molecule has 3 heteroatoms. The molecule has 1 aliphatic rings. The van der Waals surface area contributed by atoms with Crippen molar-refractivity contribution >= 4 is 27.4 Å². The Hall–Kier alpha value is -1.09. The molecule has 15 heavy (non-hydrogen) atoms. The van der Waals surface area contributed by atoms with Gasteiger partial charge in [0.15, 0.2) is 0 Å². The zero-order valence-corrected chi connectivity index (χ0v) is 9.39. The Balaban J connectivity index is 1.90. The van der Waals surface area contributed by atoms with Crippen LogP contribution in [0.5, 0.6) is 0 Å². The predicted molar refractivity (Wildman–Crippen MR) is 65.5 cm³/mol. The van der Waals surface area contributed by atoms with Crippen LogP contribution >= 0.6 is 11.5 Å². The molecule has 0 radical (unpaired) electrons. The predicted octanol–water partition coefficient (Wildman–Crippen LogP) is 3.65. The maximum atomic E-state index is 4.44. The van der Waals surface area contributed by atoms with Crippen LogP contribution in [0, 0.1) is 0 Å². The quantitative estimate of drug-likeness (QED) is 0.832. The smallest absolute Gasteiger partial charge is 0.117 e. The number of rotatable bonds is 2. The average molecular weight is 218 g/mol. The van der Waals surface area contributed by atoms with Crippen molar-refractivity contribution in [2.24, 2.45) is 0 Å². The van der Waals surface area contributed by atoms with Gasteiger partial charge in [0.25, 0.3) is 0 Å². The van der Waals surface area contributed by atoms with E-state index in [1.807, 2.05) is 6.07 Å². The average Bonchev–Trinajstić information content (AvgIpc) is 2.89. The number of anilines is 1. The zero-order chi connectivity index (χ0) is 10.1. The number of fused-ring (bicyclic) bond motifs is 1. The topological polar surface area (TPSA) is 24.9 Å². The number of benzene rings is 1. The van der Waals surface area contributed by atoms with Gasteiger partial charge in [-0.05, 0) is 36.5 Å². The molecule has 0 unspecified atom stereocenters. The lowest BCUT2D eigenvalue weighted by Gasteiger charge is -2.10. The zero-order valence-electron chi connectivity index (χ0n) is 8.57. The first-order valence-corrected chi connectivity index (χ1v) is 6.32. The molecule has 0 spiro atoms. The summed E-state index contributed by atoms with van der Waals surface area (Å²) in [7, 11) is 0. The molecule has 0 amide bonds. The maximum absolute atomic E-state index is 4.44. The largest absolute Gasteiger partial charge is 0.372 e. The van der Waals surface area contributed by atoms with Crippen molar-refractivity contribution in [2.45, 2.75) is 31.7 Å². The van der Waals surface area contributed by atoms with Gasteiger partial charge in [-0.1, -0.05) is 25.0 Å². The summed E-state index contributed by atoms with van der Waals surface area (Å²) in [5, 5.41) is 6.14. The van der Waals surface area contributed by atoms with E-state index < -0.39 is 0 Å². The van der Waals surface area contributed by atoms with Crippen LogP contribution in [0.15, 0.2) is 24.3 Å². The van der Waals surface area contributed by atoms with Gasteiger partial charge < -0.3 is 5.32 Å². The van der Waals surface area contributed by atoms with E-state index in [-0.39, 0.29) is 0 Å². The number of hydrogen-bond acceptors (Lipinski definition) is 3. The molecule has 2 nitrogen and oxygen atoms in total. The molecule has 1 saturated carbocycles. The molecule has 1 aromatic carbocycles. The van der Waals surface area contributed by atoms with Crippen molar-refractivity contribution in [3.05, 3.63) is 24.3 Å². The number of aromatic nitrogens is 1. The normalized spacial score (nSPS) is 17.3. The summed E-state index contributed by atoms with van der Waals surface area (Å²) in [5.74, 6) is 0. The van der Waals surface area contributed by atoms with E-state index in [1.54, 1.807) is 11.5 Å². The minimum Gasteiger partial charge on any atom is -0.372 e. The highest BCUT2D eigenvalue weighted by molar-refractivity contribution is 7.11. The summed E-state index contributed by atoms with van der Waals surface area (Å²) in [5.41, 5.74) is 1.11. The molecule has 78 valence electrons. The molecule has 1 aromatic heterocycles. The van der Waals surface area contributed by atoms with Crippen molar-refractivity contribution in [3.63, 3.8) is 0 Å². The molecular formula is C12H14N2S. The number of nitrogens with one attached hydrogen (secondary N) is 1. The molecule has 1 fully saturated rings. The second-order valence-corrected chi connectivity index (χ2v) is 4.93. The second kappa shape index (κ2) is 3.81. The summed E-state index contributed by atoms with van der Waals surface area (Å²) < 4.78 is 4.44. The highest BCUT2D eigenvalue weighted by atomic mass is 32.1. The fourth-order valence-electron chi connectivity index (χ4n) is 2.25. The van der Waals surface area contributed by atoms with Gasteiger partial charge in [-0.25, -0.2) is 0 Å². The van der Waals surface area contributed by atoms with E-state index in [0.29, 0.717) is 6.04 Å². The van der Waals surface area contributed by atoms with E-state index >= 15 is 0 Å². The summed E-state index contributed by atoms with van der Waals surface area (Å²) in [6.45, 7) is 0. The molecule has 2 aromatic rings. The van der Waals surface area contributed by atoms with Gasteiger partial charge in [0.1, 0.15) is 5.00 Å². The lowest BCUT2D eigenvalue weighted by Crippen LogP contribution is -2.13. The minimum atomic E-state index is 0.675. The number of hydrogen-bond donors (Lipinski definition) is 1. The third-order valence-electron chi connectivity index (χ3n) is 3.07. The fraction of sp³-hybridized carbons (Fsp3) is 0.417. The van der Waals surface area contributed by atoms with E-state index in [4.69, 9.17) is 0 Å². The summed E-state index contributed by atoms with van der Waals surface area (Å²) in [4.78, 5) is 0. The van der Waals surface area contributed by atoms with Crippen LogP contribution in [0.4, 0.5) is 5.00 Å². The highest BCUT2D eigenvalue weighted by Crippen LogP contribution is 2.30. The molecule has 3 rings (SSSR count). The van der Waals surface area contributed by atoms with E-state index in [0.717, 1.165) is 5.52 Å². The third kappa shape index (κ3) is 1.72. The van der Waals surface area contributed by atoms with Gasteiger partial charge in [-0.15, -0.1) is 0 Å². The minimum absolute atomic E-state index is 0.675.